The van der Waals surface area contributed by atoms with Gasteiger partial charge in [0.2, 0.25) is 11.7 Å². The van der Waals surface area contributed by atoms with Gasteiger partial charge in [-0.25, -0.2) is 4.79 Å². The molecule has 0 bridgehead atoms. The Hall–Kier alpha value is -0.750. The van der Waals surface area contributed by atoms with Crippen LogP contribution in [0.15, 0.2) is 0 Å². The van der Waals surface area contributed by atoms with Crippen molar-refractivity contribution in [3.8, 4) is 0 Å². The van der Waals surface area contributed by atoms with E-state index in [9.17, 15) is 9.59 Å². The maximum absolute atomic E-state index is 12.3. The van der Waals surface area contributed by atoms with Crippen LogP contribution < -0.4 is 0 Å². The van der Waals surface area contributed by atoms with Gasteiger partial charge in [-0.3, -0.25) is 4.79 Å². The molecule has 126 valence electrons. The molecule has 0 spiro atoms. The van der Waals surface area contributed by atoms with Gasteiger partial charge in [-0.05, 0) is 30.6 Å². The van der Waals surface area contributed by atoms with Crippen LogP contribution in [0.3, 0.4) is 0 Å². The molecule has 1 aliphatic carbocycles. The summed E-state index contributed by atoms with van der Waals surface area (Å²) in [6.45, 7) is 7.89. The summed E-state index contributed by atoms with van der Waals surface area (Å²) in [4.78, 5) is 23.2. The van der Waals surface area contributed by atoms with Gasteiger partial charge in [-0.15, -0.1) is 11.8 Å². The number of carbonyl (C=O) groups excluding carboxylic acids is 2. The predicted molar refractivity (Wildman–Crippen MR) is 84.1 cm³/mol. The summed E-state index contributed by atoms with van der Waals surface area (Å²) in [6.07, 6.45) is 2.53. The van der Waals surface area contributed by atoms with Gasteiger partial charge in [0.1, 0.15) is 6.10 Å². The molecule has 5 atom stereocenters. The van der Waals surface area contributed by atoms with Crippen LogP contribution in [0, 0.1) is 17.8 Å². The molecule has 22 heavy (non-hydrogen) atoms. The average Bonchev–Trinajstić information content (AvgIpc) is 2.86. The molecular formula is C16H26O5S. The molecule has 1 aliphatic heterocycles. The van der Waals surface area contributed by atoms with E-state index < -0.39 is 17.7 Å². The van der Waals surface area contributed by atoms with E-state index in [0.717, 1.165) is 12.8 Å². The second-order valence-electron chi connectivity index (χ2n) is 6.64. The molecule has 0 amide bonds. The minimum absolute atomic E-state index is 0.0341. The summed E-state index contributed by atoms with van der Waals surface area (Å²) >= 11 is 1.33. The van der Waals surface area contributed by atoms with Crippen LogP contribution in [-0.4, -0.2) is 35.5 Å². The highest BCUT2D eigenvalue weighted by Crippen LogP contribution is 2.36. The van der Waals surface area contributed by atoms with Gasteiger partial charge in [0, 0.05) is 6.92 Å². The number of hydrogen-bond donors (Lipinski definition) is 0. The number of ether oxygens (including phenoxy) is 3. The van der Waals surface area contributed by atoms with E-state index in [1.807, 2.05) is 0 Å². The van der Waals surface area contributed by atoms with Crippen molar-refractivity contribution in [2.24, 2.45) is 17.8 Å². The molecular weight excluding hydrogens is 304 g/mol. The predicted octanol–water partition coefficient (Wildman–Crippen LogP) is 2.97. The minimum Gasteiger partial charge on any atom is -0.459 e. The quantitative estimate of drug-likeness (QED) is 0.739. The van der Waals surface area contributed by atoms with E-state index in [1.165, 1.54) is 25.1 Å². The van der Waals surface area contributed by atoms with Crippen LogP contribution in [0.5, 0.6) is 0 Å². The second kappa shape index (κ2) is 7.68. The van der Waals surface area contributed by atoms with Crippen molar-refractivity contribution >= 4 is 23.7 Å². The molecule has 1 saturated heterocycles. The topological polar surface area (TPSA) is 61.8 Å². The van der Waals surface area contributed by atoms with Crippen molar-refractivity contribution in [2.75, 3.05) is 5.75 Å². The Morgan fingerprint density at radius 1 is 1.23 bits per heavy atom. The van der Waals surface area contributed by atoms with Crippen molar-refractivity contribution in [1.29, 1.82) is 0 Å². The van der Waals surface area contributed by atoms with Crippen molar-refractivity contribution in [2.45, 2.75) is 64.8 Å². The third kappa shape index (κ3) is 4.62. The molecule has 0 N–H and O–H groups in total. The van der Waals surface area contributed by atoms with Crippen LogP contribution in [0.25, 0.3) is 0 Å². The number of rotatable bonds is 4. The summed E-state index contributed by atoms with van der Waals surface area (Å²) in [5.74, 6) is 1.21. The Balaban J connectivity index is 1.88. The molecule has 0 radical (unpaired) electrons. The zero-order chi connectivity index (χ0) is 16.3. The summed E-state index contributed by atoms with van der Waals surface area (Å²) in [5.41, 5.74) is -0.686. The van der Waals surface area contributed by atoms with Crippen LogP contribution in [0.2, 0.25) is 0 Å². The van der Waals surface area contributed by atoms with Crippen LogP contribution >= 0.6 is 11.8 Å². The summed E-state index contributed by atoms with van der Waals surface area (Å²) < 4.78 is 16.2. The number of thioether (sulfide) groups is 1. The highest BCUT2D eigenvalue weighted by atomic mass is 32.2. The minimum atomic E-state index is -0.686. The molecule has 2 rings (SSSR count). The normalized spacial score (nSPS) is 35.4. The maximum atomic E-state index is 12.3. The average molecular weight is 330 g/mol. The Labute approximate surface area is 136 Å². The van der Waals surface area contributed by atoms with Crippen molar-refractivity contribution in [3.63, 3.8) is 0 Å². The maximum Gasteiger partial charge on any atom is 0.346 e. The first kappa shape index (κ1) is 17.6. The van der Waals surface area contributed by atoms with Gasteiger partial charge >= 0.3 is 11.9 Å². The first-order valence-electron chi connectivity index (χ1n) is 8.01. The zero-order valence-electron chi connectivity index (χ0n) is 13.7. The Bertz CT molecular complexity index is 411. The molecule has 0 aromatic heterocycles. The molecule has 0 aromatic carbocycles. The third-order valence-electron chi connectivity index (χ3n) is 4.38. The van der Waals surface area contributed by atoms with E-state index in [1.54, 1.807) is 0 Å². The fourth-order valence-electron chi connectivity index (χ4n) is 3.21. The van der Waals surface area contributed by atoms with Crippen LogP contribution in [-0.2, 0) is 23.8 Å². The first-order chi connectivity index (χ1) is 10.4. The number of esters is 2. The van der Waals surface area contributed by atoms with Crippen molar-refractivity contribution in [1.82, 2.24) is 0 Å². The van der Waals surface area contributed by atoms with Gasteiger partial charge in [0.25, 0.3) is 0 Å². The van der Waals surface area contributed by atoms with Crippen molar-refractivity contribution < 1.29 is 23.8 Å². The fourth-order valence-corrected chi connectivity index (χ4v) is 4.08. The number of hydrogen-bond acceptors (Lipinski definition) is 6. The van der Waals surface area contributed by atoms with E-state index in [4.69, 9.17) is 14.2 Å². The van der Waals surface area contributed by atoms with Crippen LogP contribution in [0.4, 0.5) is 0 Å². The largest absolute Gasteiger partial charge is 0.459 e. The zero-order valence-corrected chi connectivity index (χ0v) is 14.6. The monoisotopic (exact) mass is 330 g/mol. The van der Waals surface area contributed by atoms with E-state index >= 15 is 0 Å². The van der Waals surface area contributed by atoms with E-state index in [2.05, 4.69) is 20.8 Å². The van der Waals surface area contributed by atoms with Gasteiger partial charge in [0.05, 0.1) is 5.75 Å². The third-order valence-corrected chi connectivity index (χ3v) is 5.45. The standard InChI is InChI=1S/C16H26O5S/c1-9(2)12-6-5-10(3)7-13(12)20-15(18)16-21-14(8-22-16)19-11(4)17/h9-10,12-14,16H,5-8H2,1-4H3/t10-,12?,13?,14+,16-/m0/s1. The Morgan fingerprint density at radius 3 is 2.59 bits per heavy atom. The number of carbonyl (C=O) groups is 2. The first-order valence-corrected chi connectivity index (χ1v) is 9.06. The lowest BCUT2D eigenvalue weighted by Crippen LogP contribution is -2.38. The van der Waals surface area contributed by atoms with E-state index in [0.29, 0.717) is 23.5 Å². The van der Waals surface area contributed by atoms with Gasteiger partial charge in [-0.1, -0.05) is 27.2 Å². The van der Waals surface area contributed by atoms with Gasteiger partial charge in [-0.2, -0.15) is 0 Å². The molecule has 5 nitrogen and oxygen atoms in total. The highest BCUT2D eigenvalue weighted by molar-refractivity contribution is 8.00. The summed E-state index contributed by atoms with van der Waals surface area (Å²) in [5, 5.41) is 0. The molecule has 2 unspecified atom stereocenters. The fraction of sp³-hybridized carbons (Fsp3) is 0.875. The molecule has 1 saturated carbocycles. The second-order valence-corrected chi connectivity index (χ2v) is 7.74. The molecule has 0 aromatic rings. The molecule has 2 fully saturated rings. The summed E-state index contributed by atoms with van der Waals surface area (Å²) in [6, 6.07) is 0. The van der Waals surface area contributed by atoms with Crippen molar-refractivity contribution in [3.05, 3.63) is 0 Å². The molecule has 2 aliphatic rings. The Kier molecular flexibility index (Phi) is 6.15. The van der Waals surface area contributed by atoms with E-state index in [-0.39, 0.29) is 12.1 Å². The van der Waals surface area contributed by atoms with Gasteiger partial charge in [0.15, 0.2) is 0 Å². The smallest absolute Gasteiger partial charge is 0.346 e. The highest BCUT2D eigenvalue weighted by Gasteiger charge is 2.39. The molecule has 6 heteroatoms. The van der Waals surface area contributed by atoms with Crippen LogP contribution in [0.1, 0.15) is 47.0 Å². The lowest BCUT2D eigenvalue weighted by Gasteiger charge is -2.37. The SMILES string of the molecule is CC(=O)O[C@H]1CS[C@@H](C(=O)OC2C[C@@H](C)CCC2C(C)C)O1. The molecule has 1 heterocycles. The lowest BCUT2D eigenvalue weighted by molar-refractivity contribution is -0.185. The Morgan fingerprint density at radius 2 is 1.95 bits per heavy atom. The summed E-state index contributed by atoms with van der Waals surface area (Å²) in [7, 11) is 0. The lowest BCUT2D eigenvalue weighted by atomic mass is 9.75. The van der Waals surface area contributed by atoms with Gasteiger partial charge < -0.3 is 14.2 Å².